The van der Waals surface area contributed by atoms with Crippen LogP contribution in [0.4, 0.5) is 4.39 Å². The van der Waals surface area contributed by atoms with Gasteiger partial charge in [0.15, 0.2) is 0 Å². The monoisotopic (exact) mass is 180 g/mol. The van der Waals surface area contributed by atoms with E-state index in [1.807, 2.05) is 12.2 Å². The Hall–Kier alpha value is -1.05. The van der Waals surface area contributed by atoms with Crippen LogP contribution in [-0.2, 0) is 4.74 Å². The SMILES string of the molecule is C[C@@H]1CCOC2=C1C=C(F)CC=C2. The smallest absolute Gasteiger partial charge is 0.122 e. The Kier molecular flexibility index (Phi) is 2.21. The first-order valence-corrected chi connectivity index (χ1v) is 4.67. The van der Waals surface area contributed by atoms with Gasteiger partial charge < -0.3 is 4.74 Å². The molecule has 0 radical (unpaired) electrons. The van der Waals surface area contributed by atoms with E-state index in [0.29, 0.717) is 12.3 Å². The lowest BCUT2D eigenvalue weighted by atomic mass is 9.94. The van der Waals surface area contributed by atoms with E-state index in [1.165, 1.54) is 0 Å². The van der Waals surface area contributed by atoms with Crippen LogP contribution in [0.15, 0.2) is 35.4 Å². The average Bonchev–Trinajstić information content (AvgIpc) is 2.28. The van der Waals surface area contributed by atoms with Crippen molar-refractivity contribution in [3.8, 4) is 0 Å². The maximum absolute atomic E-state index is 13.1. The summed E-state index contributed by atoms with van der Waals surface area (Å²) in [6.07, 6.45) is 6.69. The predicted octanol–water partition coefficient (Wildman–Crippen LogP) is 3.11. The number of halogens is 1. The molecule has 2 rings (SSSR count). The van der Waals surface area contributed by atoms with Crippen LogP contribution in [-0.4, -0.2) is 6.61 Å². The molecule has 2 aliphatic rings. The molecule has 1 nitrogen and oxygen atoms in total. The lowest BCUT2D eigenvalue weighted by Crippen LogP contribution is -2.12. The van der Waals surface area contributed by atoms with Crippen molar-refractivity contribution >= 4 is 0 Å². The number of allylic oxidation sites excluding steroid dienone is 5. The van der Waals surface area contributed by atoms with E-state index < -0.39 is 0 Å². The van der Waals surface area contributed by atoms with Crippen molar-refractivity contribution in [2.75, 3.05) is 6.61 Å². The molecule has 0 bridgehead atoms. The molecular weight excluding hydrogens is 167 g/mol. The van der Waals surface area contributed by atoms with Crippen molar-refractivity contribution in [1.82, 2.24) is 0 Å². The Morgan fingerprint density at radius 1 is 1.54 bits per heavy atom. The zero-order chi connectivity index (χ0) is 9.26. The zero-order valence-electron chi connectivity index (χ0n) is 7.72. The van der Waals surface area contributed by atoms with E-state index in [0.717, 1.165) is 24.4 Å². The van der Waals surface area contributed by atoms with Gasteiger partial charge in [-0.2, -0.15) is 0 Å². The van der Waals surface area contributed by atoms with Crippen molar-refractivity contribution in [1.29, 1.82) is 0 Å². The Morgan fingerprint density at radius 2 is 2.38 bits per heavy atom. The van der Waals surface area contributed by atoms with Gasteiger partial charge in [-0.3, -0.25) is 0 Å². The third kappa shape index (κ3) is 1.67. The minimum atomic E-state index is -0.0707. The van der Waals surface area contributed by atoms with Gasteiger partial charge in [0.25, 0.3) is 0 Å². The third-order valence-electron chi connectivity index (χ3n) is 2.52. The molecular formula is C11H13FO. The average molecular weight is 180 g/mol. The summed E-state index contributed by atoms with van der Waals surface area (Å²) in [7, 11) is 0. The maximum Gasteiger partial charge on any atom is 0.122 e. The van der Waals surface area contributed by atoms with E-state index >= 15 is 0 Å². The highest BCUT2D eigenvalue weighted by Crippen LogP contribution is 2.30. The fraction of sp³-hybridized carbons (Fsp3) is 0.455. The molecule has 0 unspecified atom stereocenters. The standard InChI is InChI=1S/C11H13FO/c1-8-5-6-13-11-4-2-3-9(12)7-10(8)11/h2,4,7-8H,3,5-6H2,1H3/t8-/m1/s1. The molecule has 0 saturated heterocycles. The minimum absolute atomic E-state index is 0.0707. The van der Waals surface area contributed by atoms with Gasteiger partial charge >= 0.3 is 0 Å². The fourth-order valence-electron chi connectivity index (χ4n) is 1.69. The lowest BCUT2D eigenvalue weighted by molar-refractivity contribution is 0.183. The van der Waals surface area contributed by atoms with Crippen LogP contribution in [0.1, 0.15) is 19.8 Å². The normalized spacial score (nSPS) is 27.5. The summed E-state index contributed by atoms with van der Waals surface area (Å²) >= 11 is 0. The van der Waals surface area contributed by atoms with Crippen LogP contribution in [0, 0.1) is 5.92 Å². The van der Waals surface area contributed by atoms with Gasteiger partial charge in [-0.25, -0.2) is 4.39 Å². The molecule has 1 aliphatic carbocycles. The highest BCUT2D eigenvalue weighted by atomic mass is 19.1. The molecule has 0 aromatic carbocycles. The molecule has 2 heteroatoms. The van der Waals surface area contributed by atoms with Gasteiger partial charge in [-0.05, 0) is 30.1 Å². The molecule has 70 valence electrons. The largest absolute Gasteiger partial charge is 0.493 e. The molecule has 0 aromatic rings. The van der Waals surface area contributed by atoms with Crippen molar-refractivity contribution < 1.29 is 9.13 Å². The second kappa shape index (κ2) is 3.36. The zero-order valence-corrected chi connectivity index (χ0v) is 7.72. The van der Waals surface area contributed by atoms with Gasteiger partial charge in [0.2, 0.25) is 0 Å². The van der Waals surface area contributed by atoms with E-state index in [1.54, 1.807) is 6.08 Å². The van der Waals surface area contributed by atoms with Crippen LogP contribution in [0.2, 0.25) is 0 Å². The lowest BCUT2D eigenvalue weighted by Gasteiger charge is -2.22. The van der Waals surface area contributed by atoms with Crippen LogP contribution in [0.5, 0.6) is 0 Å². The Bertz CT molecular complexity index is 299. The molecule has 1 atom stereocenters. The molecule has 1 heterocycles. The van der Waals surface area contributed by atoms with E-state index in [4.69, 9.17) is 4.74 Å². The minimum Gasteiger partial charge on any atom is -0.493 e. The first-order valence-electron chi connectivity index (χ1n) is 4.67. The Labute approximate surface area is 77.6 Å². The first-order chi connectivity index (χ1) is 6.27. The summed E-state index contributed by atoms with van der Waals surface area (Å²) in [5.41, 5.74) is 1.01. The number of rotatable bonds is 0. The number of hydrogen-bond donors (Lipinski definition) is 0. The van der Waals surface area contributed by atoms with Gasteiger partial charge in [0.05, 0.1) is 6.61 Å². The molecule has 1 aliphatic heterocycles. The summed E-state index contributed by atoms with van der Waals surface area (Å²) in [4.78, 5) is 0. The summed E-state index contributed by atoms with van der Waals surface area (Å²) in [6.45, 7) is 2.86. The molecule has 0 fully saturated rings. The highest BCUT2D eigenvalue weighted by Gasteiger charge is 2.19. The molecule has 0 saturated carbocycles. The summed E-state index contributed by atoms with van der Waals surface area (Å²) in [5.74, 6) is 1.20. The van der Waals surface area contributed by atoms with Gasteiger partial charge in [0.1, 0.15) is 11.6 Å². The van der Waals surface area contributed by atoms with E-state index in [2.05, 4.69) is 6.92 Å². The van der Waals surface area contributed by atoms with Crippen molar-refractivity contribution in [2.45, 2.75) is 19.8 Å². The third-order valence-corrected chi connectivity index (χ3v) is 2.52. The van der Waals surface area contributed by atoms with Gasteiger partial charge in [-0.1, -0.05) is 13.0 Å². The van der Waals surface area contributed by atoms with Crippen LogP contribution >= 0.6 is 0 Å². The van der Waals surface area contributed by atoms with E-state index in [9.17, 15) is 4.39 Å². The fourth-order valence-corrected chi connectivity index (χ4v) is 1.69. The van der Waals surface area contributed by atoms with Crippen LogP contribution in [0.25, 0.3) is 0 Å². The van der Waals surface area contributed by atoms with Crippen molar-refractivity contribution in [3.05, 3.63) is 35.4 Å². The van der Waals surface area contributed by atoms with Crippen molar-refractivity contribution in [3.63, 3.8) is 0 Å². The summed E-state index contributed by atoms with van der Waals surface area (Å²) in [6, 6.07) is 0. The van der Waals surface area contributed by atoms with Gasteiger partial charge in [-0.15, -0.1) is 0 Å². The molecule has 0 spiro atoms. The second-order valence-electron chi connectivity index (χ2n) is 3.56. The predicted molar refractivity (Wildman–Crippen MR) is 49.7 cm³/mol. The number of hydrogen-bond acceptors (Lipinski definition) is 1. The molecule has 0 N–H and O–H groups in total. The van der Waals surface area contributed by atoms with E-state index in [-0.39, 0.29) is 5.83 Å². The highest BCUT2D eigenvalue weighted by molar-refractivity contribution is 5.36. The van der Waals surface area contributed by atoms with Crippen molar-refractivity contribution in [2.24, 2.45) is 5.92 Å². The maximum atomic E-state index is 13.1. The van der Waals surface area contributed by atoms with Crippen LogP contribution in [0.3, 0.4) is 0 Å². The molecule has 0 amide bonds. The number of ether oxygens (including phenoxy) is 1. The molecule has 0 aromatic heterocycles. The summed E-state index contributed by atoms with van der Waals surface area (Å²) < 4.78 is 18.6. The summed E-state index contributed by atoms with van der Waals surface area (Å²) in [5, 5.41) is 0. The van der Waals surface area contributed by atoms with Crippen LogP contribution < -0.4 is 0 Å². The van der Waals surface area contributed by atoms with Gasteiger partial charge in [0, 0.05) is 6.42 Å². The topological polar surface area (TPSA) is 9.23 Å². The first kappa shape index (κ1) is 8.54. The Balaban J connectivity index is 2.40. The molecule has 13 heavy (non-hydrogen) atoms. The Morgan fingerprint density at radius 3 is 3.23 bits per heavy atom. The quantitative estimate of drug-likeness (QED) is 0.556. The second-order valence-corrected chi connectivity index (χ2v) is 3.56.